The van der Waals surface area contributed by atoms with Crippen LogP contribution in [-0.2, 0) is 0 Å². The molecule has 3 aromatic rings. The number of imidazole rings is 1. The normalized spacial score (nSPS) is 10.9. The Morgan fingerprint density at radius 1 is 1.06 bits per heavy atom. The van der Waals surface area contributed by atoms with Gasteiger partial charge < -0.3 is 4.98 Å². The van der Waals surface area contributed by atoms with Gasteiger partial charge in [-0.15, -0.1) is 12.6 Å². The molecule has 2 aromatic carbocycles. The van der Waals surface area contributed by atoms with Gasteiger partial charge in [-0.05, 0) is 25.1 Å². The van der Waals surface area contributed by atoms with Crippen LogP contribution in [0.2, 0.25) is 0 Å². The number of H-pyrrole nitrogens is 1. The molecule has 0 unspecified atom stereocenters. The van der Waals surface area contributed by atoms with Crippen LogP contribution in [0.15, 0.2) is 47.4 Å². The highest BCUT2D eigenvalue weighted by Crippen LogP contribution is 2.22. The van der Waals surface area contributed by atoms with Crippen molar-refractivity contribution in [2.45, 2.75) is 11.8 Å². The Hall–Kier alpha value is -1.74. The van der Waals surface area contributed by atoms with Crippen molar-refractivity contribution >= 4 is 23.7 Å². The summed E-state index contributed by atoms with van der Waals surface area (Å²) in [6, 6.07) is 14.3. The van der Waals surface area contributed by atoms with Crippen molar-refractivity contribution in [2.75, 3.05) is 0 Å². The van der Waals surface area contributed by atoms with Gasteiger partial charge in [0.15, 0.2) is 0 Å². The molecule has 1 heterocycles. The van der Waals surface area contributed by atoms with E-state index in [1.165, 1.54) is 5.56 Å². The first-order chi connectivity index (χ1) is 8.22. The summed E-state index contributed by atoms with van der Waals surface area (Å²) in [6.45, 7) is 2.08. The van der Waals surface area contributed by atoms with E-state index in [-0.39, 0.29) is 0 Å². The molecule has 0 aliphatic carbocycles. The first-order valence-electron chi connectivity index (χ1n) is 5.48. The quantitative estimate of drug-likeness (QED) is 0.622. The van der Waals surface area contributed by atoms with E-state index in [1.807, 2.05) is 18.2 Å². The summed E-state index contributed by atoms with van der Waals surface area (Å²) < 4.78 is 0. The van der Waals surface area contributed by atoms with Crippen LogP contribution in [0.3, 0.4) is 0 Å². The minimum atomic E-state index is 0.902. The summed E-state index contributed by atoms with van der Waals surface area (Å²) in [5.74, 6) is 0.902. The van der Waals surface area contributed by atoms with Gasteiger partial charge in [0, 0.05) is 10.5 Å². The number of aromatic nitrogens is 2. The molecule has 0 spiro atoms. The summed E-state index contributed by atoms with van der Waals surface area (Å²) in [4.78, 5) is 8.82. The largest absolute Gasteiger partial charge is 0.338 e. The van der Waals surface area contributed by atoms with Gasteiger partial charge in [-0.1, -0.05) is 29.8 Å². The number of nitrogens with zero attached hydrogens (tertiary/aromatic N) is 1. The second-order valence-corrected chi connectivity index (χ2v) is 4.67. The zero-order valence-corrected chi connectivity index (χ0v) is 10.3. The van der Waals surface area contributed by atoms with Crippen molar-refractivity contribution in [3.05, 3.63) is 48.0 Å². The zero-order chi connectivity index (χ0) is 11.8. The first-order valence-corrected chi connectivity index (χ1v) is 5.93. The van der Waals surface area contributed by atoms with Crippen LogP contribution in [0.1, 0.15) is 5.56 Å². The third-order valence-corrected chi connectivity index (χ3v) is 3.07. The van der Waals surface area contributed by atoms with E-state index in [4.69, 9.17) is 0 Å². The molecule has 0 aliphatic heterocycles. The highest BCUT2D eigenvalue weighted by Gasteiger charge is 2.04. The summed E-state index contributed by atoms with van der Waals surface area (Å²) >= 11 is 4.32. The van der Waals surface area contributed by atoms with Crippen molar-refractivity contribution in [3.8, 4) is 11.4 Å². The van der Waals surface area contributed by atoms with Crippen LogP contribution in [0.25, 0.3) is 22.4 Å². The molecule has 0 saturated carbocycles. The van der Waals surface area contributed by atoms with Crippen molar-refractivity contribution in [2.24, 2.45) is 0 Å². The van der Waals surface area contributed by atoms with Gasteiger partial charge >= 0.3 is 0 Å². The lowest BCUT2D eigenvalue weighted by atomic mass is 10.1. The third-order valence-electron chi connectivity index (χ3n) is 2.79. The monoisotopic (exact) mass is 240 g/mol. The van der Waals surface area contributed by atoms with Gasteiger partial charge in [0.2, 0.25) is 0 Å². The topological polar surface area (TPSA) is 28.7 Å². The molecule has 3 rings (SSSR count). The third kappa shape index (κ3) is 1.94. The molecule has 1 N–H and O–H groups in total. The predicted molar refractivity (Wildman–Crippen MR) is 73.5 cm³/mol. The standard InChI is InChI=1S/C14H12N2S/c1-9-2-4-10(5-3-9)14-15-12-7-6-11(17)8-13(12)16-14/h2-8,17H,1H3,(H,15,16). The van der Waals surface area contributed by atoms with Crippen molar-refractivity contribution in [1.29, 1.82) is 0 Å². The number of fused-ring (bicyclic) bond motifs is 1. The van der Waals surface area contributed by atoms with Crippen molar-refractivity contribution in [3.63, 3.8) is 0 Å². The number of aromatic amines is 1. The average Bonchev–Trinajstić information content (AvgIpc) is 2.72. The summed E-state index contributed by atoms with van der Waals surface area (Å²) in [5.41, 5.74) is 4.35. The van der Waals surface area contributed by atoms with Crippen LogP contribution >= 0.6 is 12.6 Å². The molecule has 0 fully saturated rings. The van der Waals surface area contributed by atoms with Gasteiger partial charge in [-0.25, -0.2) is 4.98 Å². The average molecular weight is 240 g/mol. The van der Waals surface area contributed by atoms with Crippen molar-refractivity contribution < 1.29 is 0 Å². The summed E-state index contributed by atoms with van der Waals surface area (Å²) in [5, 5.41) is 0. The number of aryl methyl sites for hydroxylation is 1. The Bertz CT molecular complexity index is 668. The predicted octanol–water partition coefficient (Wildman–Crippen LogP) is 3.83. The number of rotatable bonds is 1. The van der Waals surface area contributed by atoms with Crippen LogP contribution in [-0.4, -0.2) is 9.97 Å². The van der Waals surface area contributed by atoms with E-state index in [1.54, 1.807) is 0 Å². The summed E-state index contributed by atoms with van der Waals surface area (Å²) in [6.07, 6.45) is 0. The number of hydrogen-bond acceptors (Lipinski definition) is 2. The zero-order valence-electron chi connectivity index (χ0n) is 9.44. The molecular weight excluding hydrogens is 228 g/mol. The van der Waals surface area contributed by atoms with Crippen LogP contribution in [0, 0.1) is 6.92 Å². The molecule has 0 amide bonds. The maximum atomic E-state index is 4.56. The van der Waals surface area contributed by atoms with Crippen molar-refractivity contribution in [1.82, 2.24) is 9.97 Å². The van der Waals surface area contributed by atoms with Crippen LogP contribution in [0.4, 0.5) is 0 Å². The SMILES string of the molecule is Cc1ccc(-c2nc3ccc(S)cc3[nH]2)cc1. The fourth-order valence-corrected chi connectivity index (χ4v) is 2.05. The molecule has 0 saturated heterocycles. The molecule has 17 heavy (non-hydrogen) atoms. The van der Waals surface area contributed by atoms with E-state index in [0.717, 1.165) is 27.3 Å². The first kappa shape index (κ1) is 10.4. The van der Waals surface area contributed by atoms with E-state index in [2.05, 4.69) is 53.8 Å². The van der Waals surface area contributed by atoms with Gasteiger partial charge in [0.05, 0.1) is 11.0 Å². The van der Waals surface area contributed by atoms with E-state index < -0.39 is 0 Å². The number of hydrogen-bond donors (Lipinski definition) is 2. The Morgan fingerprint density at radius 2 is 1.82 bits per heavy atom. The second-order valence-electron chi connectivity index (χ2n) is 4.15. The molecule has 1 aromatic heterocycles. The molecule has 0 bridgehead atoms. The van der Waals surface area contributed by atoms with E-state index >= 15 is 0 Å². The highest BCUT2D eigenvalue weighted by molar-refractivity contribution is 7.80. The molecular formula is C14H12N2S. The molecule has 0 atom stereocenters. The molecule has 2 nitrogen and oxygen atoms in total. The Labute approximate surface area is 105 Å². The lowest BCUT2D eigenvalue weighted by molar-refractivity contribution is 1.33. The minimum absolute atomic E-state index is 0.902. The molecule has 0 radical (unpaired) electrons. The molecule has 3 heteroatoms. The summed E-state index contributed by atoms with van der Waals surface area (Å²) in [7, 11) is 0. The van der Waals surface area contributed by atoms with E-state index in [0.29, 0.717) is 0 Å². The van der Waals surface area contributed by atoms with E-state index in [9.17, 15) is 0 Å². The fourth-order valence-electron chi connectivity index (χ4n) is 1.85. The number of thiol groups is 1. The van der Waals surface area contributed by atoms with Gasteiger partial charge in [0.25, 0.3) is 0 Å². The number of nitrogens with one attached hydrogen (secondary N) is 1. The molecule has 84 valence electrons. The van der Waals surface area contributed by atoms with Gasteiger partial charge in [-0.3, -0.25) is 0 Å². The smallest absolute Gasteiger partial charge is 0.138 e. The molecule has 0 aliphatic rings. The lowest BCUT2D eigenvalue weighted by Crippen LogP contribution is -1.80. The Morgan fingerprint density at radius 3 is 2.59 bits per heavy atom. The Kier molecular flexibility index (Phi) is 2.41. The maximum Gasteiger partial charge on any atom is 0.138 e. The number of benzene rings is 2. The minimum Gasteiger partial charge on any atom is -0.338 e. The van der Waals surface area contributed by atoms with Gasteiger partial charge in [-0.2, -0.15) is 0 Å². The van der Waals surface area contributed by atoms with Crippen LogP contribution in [0.5, 0.6) is 0 Å². The fraction of sp³-hybridized carbons (Fsp3) is 0.0714. The maximum absolute atomic E-state index is 4.56. The highest BCUT2D eigenvalue weighted by atomic mass is 32.1. The van der Waals surface area contributed by atoms with Gasteiger partial charge in [0.1, 0.15) is 5.82 Å². The Balaban J connectivity index is 2.14. The second kappa shape index (κ2) is 3.93. The lowest BCUT2D eigenvalue weighted by Gasteiger charge is -1.96. The van der Waals surface area contributed by atoms with Crippen LogP contribution < -0.4 is 0 Å².